The van der Waals surface area contributed by atoms with E-state index in [0.29, 0.717) is 10.7 Å². The number of benzene rings is 1. The lowest BCUT2D eigenvalue weighted by Gasteiger charge is -1.97. The number of carbonyl (C=O) groups is 1. The van der Waals surface area contributed by atoms with Gasteiger partial charge in [0.25, 0.3) is 0 Å². The summed E-state index contributed by atoms with van der Waals surface area (Å²) in [5, 5.41) is 15.0. The maximum atomic E-state index is 11.1. The maximum Gasteiger partial charge on any atom is 0.354 e. The van der Waals surface area contributed by atoms with E-state index in [2.05, 4.69) is 10.1 Å². The normalized spacial score (nSPS) is 11.2. The van der Waals surface area contributed by atoms with E-state index in [0.717, 1.165) is 22.2 Å². The van der Waals surface area contributed by atoms with Crippen molar-refractivity contribution in [1.29, 1.82) is 0 Å². The number of hydrogen-bond acceptors (Lipinski definition) is 2. The van der Waals surface area contributed by atoms with Crippen molar-refractivity contribution in [3.8, 4) is 11.3 Å². The zero-order valence-electron chi connectivity index (χ0n) is 10.9. The second kappa shape index (κ2) is 4.38. The average Bonchev–Trinajstić information content (AvgIpc) is 2.88. The first-order chi connectivity index (χ1) is 9.47. The van der Waals surface area contributed by atoms with Gasteiger partial charge in [0.2, 0.25) is 0 Å². The number of aromatic amines is 1. The fraction of sp³-hybridized carbons (Fsp3) is 0.143. The van der Waals surface area contributed by atoms with Crippen LogP contribution in [0.25, 0.3) is 22.2 Å². The first kappa shape index (κ1) is 12.7. The molecule has 1 aromatic carbocycles. The average molecular weight is 290 g/mol. The van der Waals surface area contributed by atoms with Crippen molar-refractivity contribution in [2.24, 2.45) is 7.05 Å². The van der Waals surface area contributed by atoms with Crippen LogP contribution < -0.4 is 0 Å². The highest BCUT2D eigenvalue weighted by Gasteiger charge is 2.17. The molecule has 0 radical (unpaired) electrons. The Balaban J connectivity index is 2.28. The highest BCUT2D eigenvalue weighted by Crippen LogP contribution is 2.33. The number of nitrogens with one attached hydrogen (secondary N) is 1. The predicted molar refractivity (Wildman–Crippen MR) is 77.2 cm³/mol. The smallest absolute Gasteiger partial charge is 0.354 e. The molecular formula is C14H12ClN3O2. The predicted octanol–water partition coefficient (Wildman–Crippen LogP) is 3.23. The molecule has 0 aliphatic carbocycles. The molecule has 0 saturated carbocycles. The number of aromatic carboxylic acids is 1. The minimum Gasteiger partial charge on any atom is -0.477 e. The molecule has 2 aromatic heterocycles. The van der Waals surface area contributed by atoms with E-state index in [-0.39, 0.29) is 5.69 Å². The van der Waals surface area contributed by atoms with Crippen molar-refractivity contribution >= 4 is 28.5 Å². The van der Waals surface area contributed by atoms with E-state index in [1.807, 2.05) is 25.1 Å². The van der Waals surface area contributed by atoms with Gasteiger partial charge in [-0.1, -0.05) is 11.6 Å². The minimum absolute atomic E-state index is 0.149. The molecule has 0 amide bonds. The van der Waals surface area contributed by atoms with Gasteiger partial charge in [-0.05, 0) is 31.2 Å². The van der Waals surface area contributed by atoms with Gasteiger partial charge in [0.1, 0.15) is 5.69 Å². The minimum atomic E-state index is -0.998. The maximum absolute atomic E-state index is 11.1. The van der Waals surface area contributed by atoms with Crippen LogP contribution in [0.4, 0.5) is 0 Å². The summed E-state index contributed by atoms with van der Waals surface area (Å²) in [7, 11) is 1.62. The molecule has 102 valence electrons. The van der Waals surface area contributed by atoms with E-state index in [9.17, 15) is 4.79 Å². The van der Waals surface area contributed by atoms with E-state index in [1.165, 1.54) is 4.68 Å². The lowest BCUT2D eigenvalue weighted by Crippen LogP contribution is -2.04. The molecule has 0 unspecified atom stereocenters. The van der Waals surface area contributed by atoms with Gasteiger partial charge in [0.05, 0.1) is 5.69 Å². The summed E-state index contributed by atoms with van der Waals surface area (Å²) in [6.07, 6.45) is 0. The van der Waals surface area contributed by atoms with Crippen molar-refractivity contribution in [2.45, 2.75) is 6.92 Å². The number of halogens is 1. The molecule has 0 saturated heterocycles. The van der Waals surface area contributed by atoms with Gasteiger partial charge in [-0.15, -0.1) is 0 Å². The van der Waals surface area contributed by atoms with Gasteiger partial charge in [-0.3, -0.25) is 4.68 Å². The van der Waals surface area contributed by atoms with Crippen LogP contribution in [0.3, 0.4) is 0 Å². The third-order valence-electron chi connectivity index (χ3n) is 3.30. The molecular weight excluding hydrogens is 278 g/mol. The monoisotopic (exact) mass is 289 g/mol. The summed E-state index contributed by atoms with van der Waals surface area (Å²) in [6, 6.07) is 7.13. The molecule has 3 rings (SSSR count). The Morgan fingerprint density at radius 2 is 2.15 bits per heavy atom. The van der Waals surface area contributed by atoms with Crippen LogP contribution in [-0.2, 0) is 7.05 Å². The summed E-state index contributed by atoms with van der Waals surface area (Å²) in [5.74, 6) is -0.998. The Kier molecular flexibility index (Phi) is 2.79. The Morgan fingerprint density at radius 3 is 2.80 bits per heavy atom. The number of rotatable bonds is 2. The summed E-state index contributed by atoms with van der Waals surface area (Å²) >= 11 is 6.04. The molecule has 0 spiro atoms. The van der Waals surface area contributed by atoms with Crippen LogP contribution >= 0.6 is 11.6 Å². The number of carboxylic acid groups (broad SMARTS) is 1. The van der Waals surface area contributed by atoms with Crippen LogP contribution in [0.1, 0.15) is 16.2 Å². The zero-order valence-corrected chi connectivity index (χ0v) is 11.7. The number of nitrogens with zero attached hydrogens (tertiary/aromatic N) is 2. The van der Waals surface area contributed by atoms with Gasteiger partial charge in [0.15, 0.2) is 0 Å². The third kappa shape index (κ3) is 1.87. The number of aromatic nitrogens is 3. The van der Waals surface area contributed by atoms with Gasteiger partial charge in [-0.25, -0.2) is 4.79 Å². The number of hydrogen-bond donors (Lipinski definition) is 2. The molecule has 0 atom stereocenters. The Morgan fingerprint density at radius 1 is 1.40 bits per heavy atom. The van der Waals surface area contributed by atoms with Crippen molar-refractivity contribution in [3.63, 3.8) is 0 Å². The van der Waals surface area contributed by atoms with Crippen molar-refractivity contribution in [2.75, 3.05) is 0 Å². The third-order valence-corrected chi connectivity index (χ3v) is 3.54. The number of carboxylic acids is 1. The van der Waals surface area contributed by atoms with E-state index in [1.54, 1.807) is 13.1 Å². The van der Waals surface area contributed by atoms with E-state index < -0.39 is 5.97 Å². The molecule has 20 heavy (non-hydrogen) atoms. The lowest BCUT2D eigenvalue weighted by atomic mass is 10.1. The Bertz CT molecular complexity index is 832. The largest absolute Gasteiger partial charge is 0.477 e. The highest BCUT2D eigenvalue weighted by molar-refractivity contribution is 6.31. The van der Waals surface area contributed by atoms with Gasteiger partial charge < -0.3 is 10.1 Å². The second-order valence-electron chi connectivity index (χ2n) is 4.66. The number of aryl methyl sites for hydroxylation is 2. The quantitative estimate of drug-likeness (QED) is 0.761. The van der Waals surface area contributed by atoms with Crippen LogP contribution in [0.2, 0.25) is 5.02 Å². The van der Waals surface area contributed by atoms with E-state index >= 15 is 0 Å². The molecule has 0 aliphatic heterocycles. The Hall–Kier alpha value is -2.27. The van der Waals surface area contributed by atoms with Crippen molar-refractivity contribution in [1.82, 2.24) is 14.8 Å². The highest BCUT2D eigenvalue weighted by atomic mass is 35.5. The fourth-order valence-corrected chi connectivity index (χ4v) is 2.59. The van der Waals surface area contributed by atoms with Crippen LogP contribution in [0.15, 0.2) is 24.3 Å². The topological polar surface area (TPSA) is 70.9 Å². The van der Waals surface area contributed by atoms with Crippen molar-refractivity contribution < 1.29 is 9.90 Å². The van der Waals surface area contributed by atoms with Crippen LogP contribution in [-0.4, -0.2) is 25.8 Å². The summed E-state index contributed by atoms with van der Waals surface area (Å²) in [4.78, 5) is 14.4. The summed E-state index contributed by atoms with van der Waals surface area (Å²) in [5.41, 5.74) is 3.53. The zero-order chi connectivity index (χ0) is 14.4. The molecule has 5 nitrogen and oxygen atoms in total. The summed E-state index contributed by atoms with van der Waals surface area (Å²) < 4.78 is 1.36. The SMILES string of the molecule is Cc1[nH]c2ccc(Cl)cc2c1-c1cc(C(=O)O)n(C)n1. The Labute approximate surface area is 119 Å². The lowest BCUT2D eigenvalue weighted by molar-refractivity contribution is 0.0685. The molecule has 0 fully saturated rings. The van der Waals surface area contributed by atoms with Gasteiger partial charge in [0, 0.05) is 34.2 Å². The molecule has 2 heterocycles. The fourth-order valence-electron chi connectivity index (χ4n) is 2.42. The van der Waals surface area contributed by atoms with Gasteiger partial charge >= 0.3 is 5.97 Å². The standard InChI is InChI=1S/C14H12ClN3O2/c1-7-13(9-5-8(15)3-4-10(9)16-7)11-6-12(14(19)20)18(2)17-11/h3-6,16H,1-2H3,(H,19,20). The molecule has 6 heteroatoms. The first-order valence-corrected chi connectivity index (χ1v) is 6.40. The van der Waals surface area contributed by atoms with Crippen LogP contribution in [0, 0.1) is 6.92 Å². The molecule has 0 bridgehead atoms. The molecule has 2 N–H and O–H groups in total. The van der Waals surface area contributed by atoms with Crippen molar-refractivity contribution in [3.05, 3.63) is 40.7 Å². The second-order valence-corrected chi connectivity index (χ2v) is 5.09. The number of H-pyrrole nitrogens is 1. The van der Waals surface area contributed by atoms with Crippen LogP contribution in [0.5, 0.6) is 0 Å². The van der Waals surface area contributed by atoms with Gasteiger partial charge in [-0.2, -0.15) is 5.10 Å². The number of fused-ring (bicyclic) bond motifs is 1. The summed E-state index contributed by atoms with van der Waals surface area (Å²) in [6.45, 7) is 1.93. The van der Waals surface area contributed by atoms with E-state index in [4.69, 9.17) is 16.7 Å². The molecule has 3 aromatic rings. The molecule has 0 aliphatic rings. The first-order valence-electron chi connectivity index (χ1n) is 6.03.